The summed E-state index contributed by atoms with van der Waals surface area (Å²) < 4.78 is 1.79. The number of rotatable bonds is 3. The molecule has 1 saturated heterocycles. The van der Waals surface area contributed by atoms with Crippen molar-refractivity contribution in [2.24, 2.45) is 7.05 Å². The predicted molar refractivity (Wildman–Crippen MR) is 53.9 cm³/mol. The van der Waals surface area contributed by atoms with E-state index >= 15 is 0 Å². The molecule has 0 aromatic carbocycles. The molecule has 1 aromatic heterocycles. The molecule has 2 heterocycles. The summed E-state index contributed by atoms with van der Waals surface area (Å²) in [5, 5.41) is 13.6. The third-order valence-corrected chi connectivity index (χ3v) is 2.60. The number of nitrogens with one attached hydrogen (secondary N) is 2. The van der Waals surface area contributed by atoms with Gasteiger partial charge in [-0.3, -0.25) is 4.79 Å². The third-order valence-electron chi connectivity index (χ3n) is 2.60. The first-order chi connectivity index (χ1) is 7.27. The molecule has 6 heteroatoms. The van der Waals surface area contributed by atoms with Crippen LogP contribution in [0.1, 0.15) is 18.7 Å². The Morgan fingerprint density at radius 2 is 2.67 bits per heavy atom. The van der Waals surface area contributed by atoms with Gasteiger partial charge in [-0.1, -0.05) is 0 Å². The van der Waals surface area contributed by atoms with Gasteiger partial charge in [0.05, 0.1) is 12.6 Å². The fourth-order valence-electron chi connectivity index (χ4n) is 1.66. The normalized spacial score (nSPS) is 20.5. The molecule has 0 aliphatic carbocycles. The lowest BCUT2D eigenvalue weighted by atomic mass is 10.2. The van der Waals surface area contributed by atoms with Crippen molar-refractivity contribution in [3.8, 4) is 0 Å². The van der Waals surface area contributed by atoms with Crippen LogP contribution < -0.4 is 10.6 Å². The highest BCUT2D eigenvalue weighted by Gasteiger charge is 2.21. The van der Waals surface area contributed by atoms with Crippen molar-refractivity contribution < 1.29 is 4.79 Å². The van der Waals surface area contributed by atoms with Gasteiger partial charge < -0.3 is 15.2 Å². The molecule has 1 aliphatic rings. The molecule has 82 valence electrons. The Labute approximate surface area is 88.1 Å². The molecule has 6 nitrogen and oxygen atoms in total. The van der Waals surface area contributed by atoms with Crippen molar-refractivity contribution >= 4 is 5.91 Å². The maximum atomic E-state index is 11.6. The summed E-state index contributed by atoms with van der Waals surface area (Å²) >= 11 is 0. The number of aryl methyl sites for hydroxylation is 1. The molecule has 0 saturated carbocycles. The number of aromatic nitrogens is 3. The summed E-state index contributed by atoms with van der Waals surface area (Å²) in [7, 11) is 1.86. The summed E-state index contributed by atoms with van der Waals surface area (Å²) in [5.74, 6) is 0.817. The van der Waals surface area contributed by atoms with Crippen LogP contribution in [0.2, 0.25) is 0 Å². The second-order valence-corrected chi connectivity index (χ2v) is 3.72. The van der Waals surface area contributed by atoms with Crippen LogP contribution in [-0.4, -0.2) is 33.3 Å². The number of carbonyl (C=O) groups is 1. The lowest BCUT2D eigenvalue weighted by Gasteiger charge is -2.10. The second-order valence-electron chi connectivity index (χ2n) is 3.72. The molecule has 1 fully saturated rings. The summed E-state index contributed by atoms with van der Waals surface area (Å²) in [5.41, 5.74) is 0. The zero-order chi connectivity index (χ0) is 10.7. The van der Waals surface area contributed by atoms with Crippen LogP contribution in [0.4, 0.5) is 0 Å². The smallest absolute Gasteiger partial charge is 0.237 e. The van der Waals surface area contributed by atoms with Crippen LogP contribution >= 0.6 is 0 Å². The van der Waals surface area contributed by atoms with E-state index in [2.05, 4.69) is 20.8 Å². The molecule has 0 unspecified atom stereocenters. The molecule has 1 aromatic rings. The summed E-state index contributed by atoms with van der Waals surface area (Å²) in [6, 6.07) is -0.0294. The number of amides is 1. The van der Waals surface area contributed by atoms with E-state index in [0.29, 0.717) is 6.54 Å². The van der Waals surface area contributed by atoms with Crippen LogP contribution in [0.3, 0.4) is 0 Å². The maximum absolute atomic E-state index is 11.6. The van der Waals surface area contributed by atoms with Crippen molar-refractivity contribution in [1.29, 1.82) is 0 Å². The van der Waals surface area contributed by atoms with Crippen LogP contribution in [0.15, 0.2) is 6.33 Å². The fourth-order valence-corrected chi connectivity index (χ4v) is 1.66. The molecule has 2 rings (SSSR count). The number of nitrogens with zero attached hydrogens (tertiary/aromatic N) is 3. The zero-order valence-electron chi connectivity index (χ0n) is 8.73. The average molecular weight is 209 g/mol. The van der Waals surface area contributed by atoms with Crippen molar-refractivity contribution in [3.63, 3.8) is 0 Å². The number of hydrogen-bond acceptors (Lipinski definition) is 4. The van der Waals surface area contributed by atoms with E-state index in [1.165, 1.54) is 0 Å². The van der Waals surface area contributed by atoms with Gasteiger partial charge >= 0.3 is 0 Å². The minimum atomic E-state index is -0.0294. The zero-order valence-corrected chi connectivity index (χ0v) is 8.73. The highest BCUT2D eigenvalue weighted by molar-refractivity contribution is 5.81. The maximum Gasteiger partial charge on any atom is 0.237 e. The van der Waals surface area contributed by atoms with Crippen LogP contribution in [0.5, 0.6) is 0 Å². The van der Waals surface area contributed by atoms with Gasteiger partial charge in [0, 0.05) is 7.05 Å². The highest BCUT2D eigenvalue weighted by atomic mass is 16.2. The van der Waals surface area contributed by atoms with Crippen molar-refractivity contribution in [2.75, 3.05) is 6.54 Å². The van der Waals surface area contributed by atoms with Gasteiger partial charge in [-0.15, -0.1) is 10.2 Å². The van der Waals surface area contributed by atoms with Gasteiger partial charge in [0.2, 0.25) is 5.91 Å². The van der Waals surface area contributed by atoms with Gasteiger partial charge in [-0.2, -0.15) is 0 Å². The van der Waals surface area contributed by atoms with E-state index in [4.69, 9.17) is 0 Å². The monoisotopic (exact) mass is 209 g/mol. The van der Waals surface area contributed by atoms with E-state index in [-0.39, 0.29) is 11.9 Å². The first-order valence-corrected chi connectivity index (χ1v) is 5.11. The topological polar surface area (TPSA) is 71.8 Å². The van der Waals surface area contributed by atoms with Crippen LogP contribution in [0.25, 0.3) is 0 Å². The van der Waals surface area contributed by atoms with E-state index in [1.807, 2.05) is 7.05 Å². The van der Waals surface area contributed by atoms with Crippen molar-refractivity contribution in [2.45, 2.75) is 25.4 Å². The minimum absolute atomic E-state index is 0.0294. The summed E-state index contributed by atoms with van der Waals surface area (Å²) in [6.45, 7) is 1.37. The molecular weight excluding hydrogens is 194 g/mol. The molecule has 0 bridgehead atoms. The molecule has 0 spiro atoms. The third kappa shape index (κ3) is 2.33. The molecule has 2 N–H and O–H groups in total. The number of carbonyl (C=O) groups excluding carboxylic acids is 1. The minimum Gasteiger partial charge on any atom is -0.347 e. The van der Waals surface area contributed by atoms with E-state index in [0.717, 1.165) is 25.2 Å². The Kier molecular flexibility index (Phi) is 2.96. The van der Waals surface area contributed by atoms with Gasteiger partial charge in [-0.05, 0) is 19.4 Å². The molecule has 1 amide bonds. The van der Waals surface area contributed by atoms with Gasteiger partial charge in [0.1, 0.15) is 6.33 Å². The first kappa shape index (κ1) is 10.1. The first-order valence-electron chi connectivity index (χ1n) is 5.11. The van der Waals surface area contributed by atoms with Gasteiger partial charge in [0.15, 0.2) is 5.82 Å². The lowest BCUT2D eigenvalue weighted by molar-refractivity contribution is -0.123. The van der Waals surface area contributed by atoms with Crippen LogP contribution in [-0.2, 0) is 18.4 Å². The predicted octanol–water partition coefficient (Wildman–Crippen LogP) is -0.817. The van der Waals surface area contributed by atoms with E-state index < -0.39 is 0 Å². The average Bonchev–Trinajstić information content (AvgIpc) is 2.85. The quantitative estimate of drug-likeness (QED) is 0.682. The molecule has 15 heavy (non-hydrogen) atoms. The Morgan fingerprint density at radius 1 is 1.80 bits per heavy atom. The van der Waals surface area contributed by atoms with Crippen LogP contribution in [0, 0.1) is 0 Å². The van der Waals surface area contributed by atoms with Gasteiger partial charge in [-0.25, -0.2) is 0 Å². The van der Waals surface area contributed by atoms with E-state index in [9.17, 15) is 4.79 Å². The standard InChI is InChI=1S/C9H15N5O/c1-14-6-12-13-8(14)5-11-9(15)7-3-2-4-10-7/h6-7,10H,2-5H2,1H3,(H,11,15)/t7-/m0/s1. The number of hydrogen-bond donors (Lipinski definition) is 2. The van der Waals surface area contributed by atoms with E-state index in [1.54, 1.807) is 10.9 Å². The van der Waals surface area contributed by atoms with Crippen molar-refractivity contribution in [3.05, 3.63) is 12.2 Å². The molecule has 0 radical (unpaired) electrons. The Bertz CT molecular complexity index is 342. The molecular formula is C9H15N5O. The Balaban J connectivity index is 1.83. The second kappa shape index (κ2) is 4.39. The summed E-state index contributed by atoms with van der Waals surface area (Å²) in [6.07, 6.45) is 3.61. The Hall–Kier alpha value is -1.43. The van der Waals surface area contributed by atoms with Gasteiger partial charge in [0.25, 0.3) is 0 Å². The highest BCUT2D eigenvalue weighted by Crippen LogP contribution is 2.04. The summed E-state index contributed by atoms with van der Waals surface area (Å²) in [4.78, 5) is 11.6. The fraction of sp³-hybridized carbons (Fsp3) is 0.667. The lowest BCUT2D eigenvalue weighted by Crippen LogP contribution is -2.40. The SMILES string of the molecule is Cn1cnnc1CNC(=O)[C@@H]1CCCN1. The largest absolute Gasteiger partial charge is 0.347 e. The molecule has 1 atom stereocenters. The van der Waals surface area contributed by atoms with Crippen molar-refractivity contribution in [1.82, 2.24) is 25.4 Å². The Morgan fingerprint density at radius 3 is 3.27 bits per heavy atom. The molecule has 1 aliphatic heterocycles.